The second-order valence-electron chi connectivity index (χ2n) is 3.94. The maximum Gasteiger partial charge on any atom is 0.203 e. The molecule has 0 amide bonds. The highest BCUT2D eigenvalue weighted by Gasteiger charge is 2.19. The van der Waals surface area contributed by atoms with Gasteiger partial charge in [-0.15, -0.1) is 0 Å². The van der Waals surface area contributed by atoms with Gasteiger partial charge in [0.2, 0.25) is 6.29 Å². The topological polar surface area (TPSA) is 34.1 Å². The van der Waals surface area contributed by atoms with Crippen LogP contribution >= 0.6 is 0 Å². The lowest BCUT2D eigenvalue weighted by molar-refractivity contribution is -0.0902. The van der Waals surface area contributed by atoms with Crippen LogP contribution in [-0.4, -0.2) is 44.3 Å². The summed E-state index contributed by atoms with van der Waals surface area (Å²) in [5, 5.41) is 6.24. The van der Waals surface area contributed by atoms with Crippen molar-refractivity contribution in [1.29, 1.82) is 0 Å². The summed E-state index contributed by atoms with van der Waals surface area (Å²) in [7, 11) is 3.77. The molecule has 0 bridgehead atoms. The minimum atomic E-state index is -0.426. The quantitative estimate of drug-likeness (QED) is 0.423. The van der Waals surface area contributed by atoms with Gasteiger partial charge < -0.3 is 14.5 Å². The summed E-state index contributed by atoms with van der Waals surface area (Å²) in [5.41, 5.74) is 1.81. The molecule has 0 aliphatic heterocycles. The minimum absolute atomic E-state index is 0.426. The molecule has 0 atom stereocenters. The van der Waals surface area contributed by atoms with Gasteiger partial charge in [-0.3, -0.25) is 0 Å². The molecule has 4 nitrogen and oxygen atoms in total. The third-order valence-electron chi connectivity index (χ3n) is 2.24. The van der Waals surface area contributed by atoms with E-state index in [0.717, 1.165) is 11.3 Å². The van der Waals surface area contributed by atoms with Crippen LogP contribution in [0.25, 0.3) is 0 Å². The number of hydrogen-bond donors (Lipinski definition) is 0. The van der Waals surface area contributed by atoms with Gasteiger partial charge in [0.05, 0.1) is 0 Å². The van der Waals surface area contributed by atoms with Gasteiger partial charge in [0.1, 0.15) is 5.71 Å². The van der Waals surface area contributed by atoms with Crippen LogP contribution in [0.4, 0.5) is 0 Å². The Morgan fingerprint density at radius 2 is 1.67 bits per heavy atom. The van der Waals surface area contributed by atoms with Crippen LogP contribution in [0.15, 0.2) is 35.4 Å². The normalized spacial score (nSPS) is 11.9. The molecule has 1 aromatic rings. The van der Waals surface area contributed by atoms with Gasteiger partial charge in [-0.05, 0) is 13.8 Å². The summed E-state index contributed by atoms with van der Waals surface area (Å²) in [6.45, 7) is 5.07. The van der Waals surface area contributed by atoms with E-state index in [2.05, 4.69) is 5.10 Å². The van der Waals surface area contributed by atoms with Crippen LogP contribution in [-0.2, 0) is 9.47 Å². The molecule has 0 fully saturated rings. The Kier molecular flexibility index (Phi) is 6.39. The first kappa shape index (κ1) is 14.7. The smallest absolute Gasteiger partial charge is 0.203 e. The second kappa shape index (κ2) is 7.84. The van der Waals surface area contributed by atoms with Gasteiger partial charge in [0.25, 0.3) is 0 Å². The molecule has 1 aromatic carbocycles. The first-order chi connectivity index (χ1) is 8.69. The zero-order valence-electron chi connectivity index (χ0n) is 11.6. The van der Waals surface area contributed by atoms with Crippen molar-refractivity contribution in [2.24, 2.45) is 5.10 Å². The minimum Gasteiger partial charge on any atom is -0.347 e. The molecule has 0 aliphatic rings. The largest absolute Gasteiger partial charge is 0.347 e. The van der Waals surface area contributed by atoms with E-state index in [-0.39, 0.29) is 0 Å². The fraction of sp³-hybridized carbons (Fsp3) is 0.500. The molecule has 0 aliphatic carbocycles. The average Bonchev–Trinajstić information content (AvgIpc) is 2.37. The molecule has 0 aromatic heterocycles. The Morgan fingerprint density at radius 3 is 2.11 bits per heavy atom. The van der Waals surface area contributed by atoms with Crippen LogP contribution in [0, 0.1) is 0 Å². The van der Waals surface area contributed by atoms with Crippen molar-refractivity contribution in [3.05, 3.63) is 35.9 Å². The van der Waals surface area contributed by atoms with Crippen molar-refractivity contribution in [3.63, 3.8) is 0 Å². The highest BCUT2D eigenvalue weighted by molar-refractivity contribution is 6.02. The predicted octanol–water partition coefficient (Wildman–Crippen LogP) is 2.35. The maximum absolute atomic E-state index is 5.62. The summed E-state index contributed by atoms with van der Waals surface area (Å²) in [4.78, 5) is 0. The molecule has 0 unspecified atom stereocenters. The third-order valence-corrected chi connectivity index (χ3v) is 2.24. The molecule has 0 radical (unpaired) electrons. The number of hydrazone groups is 1. The zero-order chi connectivity index (χ0) is 13.4. The van der Waals surface area contributed by atoms with Crippen LogP contribution in [0.2, 0.25) is 0 Å². The molecule has 18 heavy (non-hydrogen) atoms. The Labute approximate surface area is 109 Å². The predicted molar refractivity (Wildman–Crippen MR) is 73.7 cm³/mol. The molecular weight excluding hydrogens is 228 g/mol. The molecular formula is C14H22N2O2. The maximum atomic E-state index is 5.62. The lowest BCUT2D eigenvalue weighted by Gasteiger charge is -2.20. The Bertz CT molecular complexity index is 357. The van der Waals surface area contributed by atoms with E-state index in [4.69, 9.17) is 9.47 Å². The van der Waals surface area contributed by atoms with E-state index in [9.17, 15) is 0 Å². The zero-order valence-corrected chi connectivity index (χ0v) is 11.6. The highest BCUT2D eigenvalue weighted by atomic mass is 16.7. The SMILES string of the molecule is CCOC(OCC)/C(=N\N(C)C)c1ccccc1. The van der Waals surface area contributed by atoms with Gasteiger partial charge in [-0.2, -0.15) is 5.10 Å². The van der Waals surface area contributed by atoms with Crippen molar-refractivity contribution < 1.29 is 9.47 Å². The van der Waals surface area contributed by atoms with Crippen LogP contribution in [0.1, 0.15) is 19.4 Å². The summed E-state index contributed by atoms with van der Waals surface area (Å²) in [6, 6.07) is 9.96. The van der Waals surface area contributed by atoms with Gasteiger partial charge in [-0.1, -0.05) is 30.3 Å². The van der Waals surface area contributed by atoms with Crippen molar-refractivity contribution in [3.8, 4) is 0 Å². The van der Waals surface area contributed by atoms with Crippen molar-refractivity contribution >= 4 is 5.71 Å². The van der Waals surface area contributed by atoms with E-state index >= 15 is 0 Å². The number of hydrogen-bond acceptors (Lipinski definition) is 4. The molecule has 0 N–H and O–H groups in total. The molecule has 100 valence electrons. The first-order valence-corrected chi connectivity index (χ1v) is 6.23. The van der Waals surface area contributed by atoms with Crippen molar-refractivity contribution in [2.45, 2.75) is 20.1 Å². The van der Waals surface area contributed by atoms with Crippen LogP contribution in [0.5, 0.6) is 0 Å². The lowest BCUT2D eigenvalue weighted by atomic mass is 10.1. The van der Waals surface area contributed by atoms with Crippen LogP contribution in [0.3, 0.4) is 0 Å². The van der Waals surface area contributed by atoms with Gasteiger partial charge in [-0.25, -0.2) is 0 Å². The summed E-state index contributed by atoms with van der Waals surface area (Å²) < 4.78 is 11.2. The monoisotopic (exact) mass is 250 g/mol. The third kappa shape index (κ3) is 4.47. The summed E-state index contributed by atoms with van der Waals surface area (Å²) >= 11 is 0. The molecule has 0 spiro atoms. The highest BCUT2D eigenvalue weighted by Crippen LogP contribution is 2.10. The van der Waals surface area contributed by atoms with Crippen molar-refractivity contribution in [1.82, 2.24) is 5.01 Å². The summed E-state index contributed by atoms with van der Waals surface area (Å²) in [5.74, 6) is 0. The van der Waals surface area contributed by atoms with E-state index in [1.54, 1.807) is 5.01 Å². The van der Waals surface area contributed by atoms with E-state index in [1.165, 1.54) is 0 Å². The average molecular weight is 250 g/mol. The second-order valence-corrected chi connectivity index (χ2v) is 3.94. The number of benzene rings is 1. The Hall–Kier alpha value is -1.39. The first-order valence-electron chi connectivity index (χ1n) is 6.23. The fourth-order valence-corrected chi connectivity index (χ4v) is 1.57. The van der Waals surface area contributed by atoms with E-state index in [0.29, 0.717) is 13.2 Å². The van der Waals surface area contributed by atoms with E-state index < -0.39 is 6.29 Å². The van der Waals surface area contributed by atoms with Gasteiger partial charge >= 0.3 is 0 Å². The van der Waals surface area contributed by atoms with Crippen molar-refractivity contribution in [2.75, 3.05) is 27.3 Å². The summed E-state index contributed by atoms with van der Waals surface area (Å²) in [6.07, 6.45) is -0.426. The Balaban J connectivity index is 3.03. The lowest BCUT2D eigenvalue weighted by Crippen LogP contribution is -2.30. The van der Waals surface area contributed by atoms with Gasteiger partial charge in [0, 0.05) is 32.9 Å². The van der Waals surface area contributed by atoms with E-state index in [1.807, 2.05) is 58.3 Å². The van der Waals surface area contributed by atoms with Crippen LogP contribution < -0.4 is 0 Å². The molecule has 0 saturated carbocycles. The number of ether oxygens (including phenoxy) is 2. The Morgan fingerprint density at radius 1 is 1.11 bits per heavy atom. The molecule has 0 saturated heterocycles. The molecule has 4 heteroatoms. The number of rotatable bonds is 7. The fourth-order valence-electron chi connectivity index (χ4n) is 1.57. The standard InChI is InChI=1S/C14H22N2O2/c1-5-17-14(18-6-2)13(15-16(3)4)12-10-8-7-9-11-12/h7-11,14H,5-6H2,1-4H3/b15-13-. The number of nitrogens with zero attached hydrogens (tertiary/aromatic N) is 2. The molecule has 0 heterocycles. The van der Waals surface area contributed by atoms with Gasteiger partial charge in [0.15, 0.2) is 0 Å². The molecule has 1 rings (SSSR count).